The maximum absolute atomic E-state index is 14.1. The van der Waals surface area contributed by atoms with Crippen molar-refractivity contribution in [2.45, 2.75) is 19.6 Å². The predicted octanol–water partition coefficient (Wildman–Crippen LogP) is 4.62. The molecule has 1 heterocycles. The summed E-state index contributed by atoms with van der Waals surface area (Å²) < 4.78 is 16.0. The van der Waals surface area contributed by atoms with Gasteiger partial charge in [0, 0.05) is 22.7 Å². The molecule has 144 valence electrons. The van der Waals surface area contributed by atoms with E-state index in [4.69, 9.17) is 0 Å². The van der Waals surface area contributed by atoms with Crippen LogP contribution >= 0.6 is 11.8 Å². The zero-order valence-electron chi connectivity index (χ0n) is 15.9. The van der Waals surface area contributed by atoms with E-state index in [1.165, 1.54) is 23.4 Å². The summed E-state index contributed by atoms with van der Waals surface area (Å²) in [4.78, 5) is 11.9. The van der Waals surface area contributed by atoms with Gasteiger partial charge >= 0.3 is 0 Å². The topological polar surface area (TPSA) is 46.4 Å². The summed E-state index contributed by atoms with van der Waals surface area (Å²) in [5.41, 5.74) is 6.82. The van der Waals surface area contributed by atoms with Crippen molar-refractivity contribution in [2.75, 3.05) is 5.75 Å². The van der Waals surface area contributed by atoms with Crippen molar-refractivity contribution in [3.63, 3.8) is 0 Å². The highest BCUT2D eigenvalue weighted by Gasteiger charge is 2.12. The van der Waals surface area contributed by atoms with Gasteiger partial charge in [0.15, 0.2) is 0 Å². The first-order valence-electron chi connectivity index (χ1n) is 8.93. The summed E-state index contributed by atoms with van der Waals surface area (Å²) in [5, 5.41) is 4.05. The van der Waals surface area contributed by atoms with E-state index in [0.29, 0.717) is 11.4 Å². The predicted molar refractivity (Wildman–Crippen MR) is 114 cm³/mol. The number of amides is 1. The van der Waals surface area contributed by atoms with Gasteiger partial charge in [0.25, 0.3) is 0 Å². The molecule has 0 saturated heterocycles. The lowest BCUT2D eigenvalue weighted by atomic mass is 10.2. The molecule has 1 N–H and O–H groups in total. The zero-order chi connectivity index (χ0) is 19.9. The van der Waals surface area contributed by atoms with Gasteiger partial charge in [0.2, 0.25) is 5.91 Å². The van der Waals surface area contributed by atoms with Crippen LogP contribution in [-0.2, 0) is 10.5 Å². The molecule has 0 spiro atoms. The number of hydrazone groups is 1. The molecule has 1 amide bonds. The number of para-hydroxylation sites is 1. The van der Waals surface area contributed by atoms with Gasteiger partial charge in [-0.3, -0.25) is 4.79 Å². The number of hydrogen-bond donors (Lipinski definition) is 1. The number of carbonyl (C=O) groups is 1. The number of aromatic nitrogens is 1. The smallest absolute Gasteiger partial charge is 0.250 e. The molecule has 3 aromatic rings. The van der Waals surface area contributed by atoms with Crippen LogP contribution in [-0.4, -0.2) is 22.4 Å². The summed E-state index contributed by atoms with van der Waals surface area (Å²) in [7, 11) is 0. The molecule has 0 aliphatic heterocycles. The molecule has 2 aromatic carbocycles. The molecule has 0 atom stereocenters. The minimum atomic E-state index is -0.281. The standard InChI is InChI=1S/C22H22FN3OS/c1-16-12-19(17(2)26(16)21-11-7-6-10-20(21)23)13-24-25-22(27)15-28-14-18-8-4-3-5-9-18/h3-13H,14-15H2,1-2H3,(H,25,27)/b24-13+. The highest BCUT2D eigenvalue weighted by molar-refractivity contribution is 7.99. The van der Waals surface area contributed by atoms with Gasteiger partial charge in [0.05, 0.1) is 17.7 Å². The molecule has 0 aliphatic rings. The molecule has 6 heteroatoms. The molecule has 4 nitrogen and oxygen atoms in total. The molecular weight excluding hydrogens is 373 g/mol. The zero-order valence-corrected chi connectivity index (χ0v) is 16.7. The van der Waals surface area contributed by atoms with E-state index in [-0.39, 0.29) is 11.7 Å². The van der Waals surface area contributed by atoms with Crippen molar-refractivity contribution in [1.82, 2.24) is 9.99 Å². The minimum Gasteiger partial charge on any atom is -0.315 e. The number of rotatable bonds is 7. The Bertz CT molecular complexity index is 983. The van der Waals surface area contributed by atoms with Gasteiger partial charge in [-0.05, 0) is 37.6 Å². The van der Waals surface area contributed by atoms with Gasteiger partial charge < -0.3 is 4.57 Å². The van der Waals surface area contributed by atoms with Crippen LogP contribution in [0, 0.1) is 19.7 Å². The summed E-state index contributed by atoms with van der Waals surface area (Å²) in [6.07, 6.45) is 1.60. The second-order valence-electron chi connectivity index (χ2n) is 6.38. The first kappa shape index (κ1) is 19.9. The largest absolute Gasteiger partial charge is 0.315 e. The molecule has 3 rings (SSSR count). The fourth-order valence-corrected chi connectivity index (χ4v) is 3.74. The Morgan fingerprint density at radius 3 is 2.61 bits per heavy atom. The van der Waals surface area contributed by atoms with Gasteiger partial charge in [-0.2, -0.15) is 5.10 Å². The van der Waals surface area contributed by atoms with Crippen LogP contribution in [0.5, 0.6) is 0 Å². The lowest BCUT2D eigenvalue weighted by molar-refractivity contribution is -0.118. The third kappa shape index (κ3) is 4.89. The van der Waals surface area contributed by atoms with Crippen molar-refractivity contribution in [1.29, 1.82) is 0 Å². The van der Waals surface area contributed by atoms with Crippen LogP contribution in [0.25, 0.3) is 5.69 Å². The lowest BCUT2D eigenvalue weighted by Gasteiger charge is -2.10. The first-order valence-corrected chi connectivity index (χ1v) is 10.1. The van der Waals surface area contributed by atoms with Gasteiger partial charge in [-0.15, -0.1) is 11.8 Å². The average molecular weight is 396 g/mol. The normalized spacial score (nSPS) is 11.1. The Balaban J connectivity index is 1.58. The van der Waals surface area contributed by atoms with E-state index in [9.17, 15) is 9.18 Å². The van der Waals surface area contributed by atoms with Crippen LogP contribution < -0.4 is 5.43 Å². The Hall–Kier alpha value is -2.86. The molecule has 0 saturated carbocycles. The van der Waals surface area contributed by atoms with E-state index in [1.807, 2.05) is 54.8 Å². The second kappa shape index (κ2) is 9.37. The summed E-state index contributed by atoms with van der Waals surface area (Å²) >= 11 is 1.54. The van der Waals surface area contributed by atoms with Gasteiger partial charge in [-0.25, -0.2) is 9.82 Å². The molecule has 0 bridgehead atoms. The molecule has 1 aromatic heterocycles. The Kier molecular flexibility index (Phi) is 6.66. The average Bonchev–Trinajstić information content (AvgIpc) is 2.97. The second-order valence-corrected chi connectivity index (χ2v) is 7.37. The minimum absolute atomic E-state index is 0.153. The van der Waals surface area contributed by atoms with E-state index >= 15 is 0 Å². The number of nitrogens with zero attached hydrogens (tertiary/aromatic N) is 2. The third-order valence-electron chi connectivity index (χ3n) is 4.30. The maximum Gasteiger partial charge on any atom is 0.250 e. The molecule has 0 aliphatic carbocycles. The number of halogens is 1. The highest BCUT2D eigenvalue weighted by atomic mass is 32.2. The Labute approximate surface area is 168 Å². The fraction of sp³-hybridized carbons (Fsp3) is 0.182. The summed E-state index contributed by atoms with van der Waals surface area (Å²) in [6.45, 7) is 3.81. The van der Waals surface area contributed by atoms with Crippen molar-refractivity contribution >= 4 is 23.9 Å². The fourth-order valence-electron chi connectivity index (χ4n) is 2.96. The third-order valence-corrected chi connectivity index (χ3v) is 5.31. The highest BCUT2D eigenvalue weighted by Crippen LogP contribution is 2.21. The number of benzene rings is 2. The van der Waals surface area contributed by atoms with Crippen molar-refractivity contribution < 1.29 is 9.18 Å². The van der Waals surface area contributed by atoms with E-state index < -0.39 is 0 Å². The molecular formula is C22H22FN3OS. The van der Waals surface area contributed by atoms with Crippen molar-refractivity contribution in [2.24, 2.45) is 5.10 Å². The van der Waals surface area contributed by atoms with Crippen LogP contribution in [0.4, 0.5) is 4.39 Å². The first-order chi connectivity index (χ1) is 13.6. The van der Waals surface area contributed by atoms with Crippen LogP contribution in [0.1, 0.15) is 22.5 Å². The number of thioether (sulfide) groups is 1. The summed E-state index contributed by atoms with van der Waals surface area (Å²) in [6, 6.07) is 18.6. The molecule has 0 radical (unpaired) electrons. The molecule has 0 unspecified atom stereocenters. The Morgan fingerprint density at radius 2 is 1.86 bits per heavy atom. The van der Waals surface area contributed by atoms with Gasteiger partial charge in [-0.1, -0.05) is 42.5 Å². The van der Waals surface area contributed by atoms with E-state index in [1.54, 1.807) is 24.4 Å². The SMILES string of the molecule is Cc1cc(/C=N/NC(=O)CSCc2ccccc2)c(C)n1-c1ccccc1F. The quantitative estimate of drug-likeness (QED) is 0.469. The molecule has 0 fully saturated rings. The monoisotopic (exact) mass is 395 g/mol. The van der Waals surface area contributed by atoms with E-state index in [0.717, 1.165) is 22.7 Å². The van der Waals surface area contributed by atoms with Crippen molar-refractivity contribution in [3.05, 3.63) is 89.0 Å². The number of nitrogens with one attached hydrogen (secondary N) is 1. The number of aryl methyl sites for hydroxylation is 1. The van der Waals surface area contributed by atoms with Gasteiger partial charge in [0.1, 0.15) is 5.82 Å². The molecule has 28 heavy (non-hydrogen) atoms. The summed E-state index contributed by atoms with van der Waals surface area (Å²) in [5.74, 6) is 0.680. The number of hydrogen-bond acceptors (Lipinski definition) is 3. The van der Waals surface area contributed by atoms with Crippen LogP contribution in [0.15, 0.2) is 65.8 Å². The Morgan fingerprint density at radius 1 is 1.14 bits per heavy atom. The maximum atomic E-state index is 14.1. The van der Waals surface area contributed by atoms with Crippen LogP contribution in [0.3, 0.4) is 0 Å². The van der Waals surface area contributed by atoms with Crippen molar-refractivity contribution in [3.8, 4) is 5.69 Å². The van der Waals surface area contributed by atoms with E-state index in [2.05, 4.69) is 10.5 Å². The number of carbonyl (C=O) groups excluding carboxylic acids is 1. The van der Waals surface area contributed by atoms with Crippen LogP contribution in [0.2, 0.25) is 0 Å². The lowest BCUT2D eigenvalue weighted by Crippen LogP contribution is -2.19.